The van der Waals surface area contributed by atoms with Crippen LogP contribution in [-0.4, -0.2) is 48.4 Å². The van der Waals surface area contributed by atoms with Gasteiger partial charge in [-0.25, -0.2) is 0 Å². The van der Waals surface area contributed by atoms with Crippen molar-refractivity contribution in [3.05, 3.63) is 70.8 Å². The van der Waals surface area contributed by atoms with Crippen LogP contribution in [0.25, 0.3) is 0 Å². The van der Waals surface area contributed by atoms with E-state index in [1.807, 2.05) is 38.1 Å². The van der Waals surface area contributed by atoms with Crippen LogP contribution in [0.2, 0.25) is 0 Å². The second-order valence-electron chi connectivity index (χ2n) is 10.1. The minimum atomic E-state index is 0.0781. The summed E-state index contributed by atoms with van der Waals surface area (Å²) < 4.78 is 0. The Labute approximate surface area is 181 Å². The van der Waals surface area contributed by atoms with Crippen LogP contribution in [0, 0.1) is 24.7 Å². The van der Waals surface area contributed by atoms with E-state index in [2.05, 4.69) is 47.9 Å². The molecule has 1 amide bonds. The van der Waals surface area contributed by atoms with Gasteiger partial charge in [0, 0.05) is 48.6 Å². The maximum absolute atomic E-state index is 13.4. The number of rotatable bonds is 5. The molecule has 0 radical (unpaired) electrons. The molecule has 4 nitrogen and oxygen atoms in total. The fraction of sp³-hybridized carbons (Fsp3) is 0.500. The summed E-state index contributed by atoms with van der Waals surface area (Å²) in [6.07, 6.45) is 0.960. The summed E-state index contributed by atoms with van der Waals surface area (Å²) in [6.45, 7) is 13.5. The van der Waals surface area contributed by atoms with Gasteiger partial charge in [0.15, 0.2) is 0 Å². The molecule has 0 spiro atoms. The van der Waals surface area contributed by atoms with Crippen molar-refractivity contribution in [2.75, 3.05) is 32.7 Å². The molecule has 0 saturated carbocycles. The van der Waals surface area contributed by atoms with E-state index in [1.54, 1.807) is 0 Å². The van der Waals surface area contributed by atoms with Gasteiger partial charge in [-0.2, -0.15) is 0 Å². The maximum atomic E-state index is 13.4. The Morgan fingerprint density at radius 3 is 2.07 bits per heavy atom. The molecule has 0 aliphatic carbocycles. The Hall–Kier alpha value is -2.17. The lowest BCUT2D eigenvalue weighted by Gasteiger charge is -2.30. The molecule has 2 fully saturated rings. The lowest BCUT2D eigenvalue weighted by Crippen LogP contribution is -2.37. The van der Waals surface area contributed by atoms with Gasteiger partial charge in [0.1, 0.15) is 0 Å². The maximum Gasteiger partial charge on any atom is 0.254 e. The highest BCUT2D eigenvalue weighted by Gasteiger charge is 2.58. The number of likely N-dealkylation sites (tertiary alicyclic amines) is 2. The van der Waals surface area contributed by atoms with Gasteiger partial charge in [-0.05, 0) is 43.5 Å². The van der Waals surface area contributed by atoms with Crippen LogP contribution in [-0.2, 0) is 0 Å². The molecule has 3 atom stereocenters. The third kappa shape index (κ3) is 3.67. The first-order valence-corrected chi connectivity index (χ1v) is 11.1. The second-order valence-corrected chi connectivity index (χ2v) is 10.1. The first-order chi connectivity index (χ1) is 14.2. The van der Waals surface area contributed by atoms with Crippen molar-refractivity contribution in [3.63, 3.8) is 0 Å². The molecule has 2 aromatic rings. The van der Waals surface area contributed by atoms with Crippen molar-refractivity contribution in [3.8, 4) is 0 Å². The van der Waals surface area contributed by atoms with Gasteiger partial charge < -0.3 is 15.5 Å². The monoisotopic (exact) mass is 405 g/mol. The van der Waals surface area contributed by atoms with E-state index in [4.69, 9.17) is 5.73 Å². The molecular weight excluding hydrogens is 370 g/mol. The fourth-order valence-corrected chi connectivity index (χ4v) is 5.60. The predicted octanol–water partition coefficient (Wildman–Crippen LogP) is 4.18. The molecule has 0 bridgehead atoms. The number of hydrogen-bond acceptors (Lipinski definition) is 3. The summed E-state index contributed by atoms with van der Waals surface area (Å²) in [5.41, 5.74) is 10.9. The lowest BCUT2D eigenvalue weighted by molar-refractivity contribution is 0.0756. The molecule has 30 heavy (non-hydrogen) atoms. The van der Waals surface area contributed by atoms with E-state index in [9.17, 15) is 4.79 Å². The quantitative estimate of drug-likeness (QED) is 0.812. The zero-order valence-electron chi connectivity index (χ0n) is 18.8. The molecule has 4 heteroatoms. The molecule has 4 rings (SSSR count). The summed E-state index contributed by atoms with van der Waals surface area (Å²) >= 11 is 0. The van der Waals surface area contributed by atoms with Crippen molar-refractivity contribution < 1.29 is 4.79 Å². The zero-order valence-corrected chi connectivity index (χ0v) is 18.8. The summed E-state index contributed by atoms with van der Waals surface area (Å²) in [7, 11) is 0. The molecule has 160 valence electrons. The summed E-state index contributed by atoms with van der Waals surface area (Å²) in [5.74, 6) is 0.195. The number of hydrogen-bond donors (Lipinski definition) is 1. The Bertz CT molecular complexity index is 887. The van der Waals surface area contributed by atoms with Crippen LogP contribution < -0.4 is 5.73 Å². The normalized spacial score (nSPS) is 27.3. The number of benzene rings is 2. The number of nitrogens with zero attached hydrogens (tertiary/aromatic N) is 2. The van der Waals surface area contributed by atoms with E-state index in [0.717, 1.165) is 55.8 Å². The first kappa shape index (κ1) is 21.1. The summed E-state index contributed by atoms with van der Waals surface area (Å²) in [6, 6.07) is 16.6. The predicted molar refractivity (Wildman–Crippen MR) is 122 cm³/mol. The average Bonchev–Trinajstić information content (AvgIpc) is 3.10. The van der Waals surface area contributed by atoms with Crippen LogP contribution in [0.1, 0.15) is 53.4 Å². The van der Waals surface area contributed by atoms with Gasteiger partial charge in [0.05, 0.1) is 0 Å². The van der Waals surface area contributed by atoms with E-state index in [0.29, 0.717) is 0 Å². The van der Waals surface area contributed by atoms with Crippen LogP contribution in [0.4, 0.5) is 0 Å². The SMILES string of the molecule is Cc1cccc(C)c1C(=O)N1CC2(C)CN(CC[C@H](N)c3ccccc3)CC2(C)C1. The molecule has 2 heterocycles. The summed E-state index contributed by atoms with van der Waals surface area (Å²) in [5, 5.41) is 0. The van der Waals surface area contributed by atoms with E-state index in [-0.39, 0.29) is 22.8 Å². The minimum Gasteiger partial charge on any atom is -0.337 e. The van der Waals surface area contributed by atoms with Crippen molar-refractivity contribution in [2.24, 2.45) is 16.6 Å². The Morgan fingerprint density at radius 1 is 0.933 bits per heavy atom. The van der Waals surface area contributed by atoms with Gasteiger partial charge in [-0.3, -0.25) is 4.79 Å². The standard InChI is InChI=1S/C26H35N3O/c1-19-9-8-10-20(2)23(19)24(30)29-17-25(3)15-28(16-26(25,4)18-29)14-13-22(27)21-11-6-5-7-12-21/h5-12,22H,13-18,27H2,1-4H3/t22-,25?,26?/m0/s1. The molecule has 2 aliphatic rings. The highest BCUT2D eigenvalue weighted by atomic mass is 16.2. The van der Waals surface area contributed by atoms with Crippen molar-refractivity contribution >= 4 is 5.91 Å². The molecule has 2 aromatic carbocycles. The third-order valence-corrected chi connectivity index (χ3v) is 7.65. The van der Waals surface area contributed by atoms with Crippen molar-refractivity contribution in [1.29, 1.82) is 0 Å². The number of aryl methyl sites for hydroxylation is 2. The Kier molecular flexibility index (Phi) is 5.50. The highest BCUT2D eigenvalue weighted by molar-refractivity contribution is 5.97. The number of carbonyl (C=O) groups excluding carboxylic acids is 1. The number of amides is 1. The largest absolute Gasteiger partial charge is 0.337 e. The minimum absolute atomic E-state index is 0.0781. The average molecular weight is 406 g/mol. The highest BCUT2D eigenvalue weighted by Crippen LogP contribution is 2.51. The van der Waals surface area contributed by atoms with Gasteiger partial charge in [-0.15, -0.1) is 0 Å². The molecule has 2 N–H and O–H groups in total. The van der Waals surface area contributed by atoms with Crippen LogP contribution in [0.15, 0.2) is 48.5 Å². The van der Waals surface area contributed by atoms with E-state index >= 15 is 0 Å². The topological polar surface area (TPSA) is 49.6 Å². The third-order valence-electron chi connectivity index (χ3n) is 7.65. The van der Waals surface area contributed by atoms with Gasteiger partial charge >= 0.3 is 0 Å². The van der Waals surface area contributed by atoms with Gasteiger partial charge in [0.25, 0.3) is 5.91 Å². The number of carbonyl (C=O) groups is 1. The summed E-state index contributed by atoms with van der Waals surface area (Å²) in [4.78, 5) is 18.0. The smallest absolute Gasteiger partial charge is 0.254 e. The zero-order chi connectivity index (χ0) is 21.5. The number of nitrogens with two attached hydrogens (primary N) is 1. The van der Waals surface area contributed by atoms with Crippen LogP contribution in [0.5, 0.6) is 0 Å². The van der Waals surface area contributed by atoms with Crippen molar-refractivity contribution in [2.45, 2.75) is 40.2 Å². The Balaban J connectivity index is 1.41. The lowest BCUT2D eigenvalue weighted by atomic mass is 9.71. The molecule has 2 saturated heterocycles. The molecule has 0 aromatic heterocycles. The molecular formula is C26H35N3O. The van der Waals surface area contributed by atoms with E-state index < -0.39 is 0 Å². The van der Waals surface area contributed by atoms with Crippen LogP contribution >= 0.6 is 0 Å². The fourth-order valence-electron chi connectivity index (χ4n) is 5.60. The van der Waals surface area contributed by atoms with E-state index in [1.165, 1.54) is 5.56 Å². The molecule has 2 aliphatic heterocycles. The number of fused-ring (bicyclic) bond motifs is 1. The van der Waals surface area contributed by atoms with Crippen molar-refractivity contribution in [1.82, 2.24) is 9.80 Å². The van der Waals surface area contributed by atoms with Crippen LogP contribution in [0.3, 0.4) is 0 Å². The first-order valence-electron chi connectivity index (χ1n) is 11.1. The molecule has 2 unspecified atom stereocenters. The van der Waals surface area contributed by atoms with Gasteiger partial charge in [-0.1, -0.05) is 62.4 Å². The Morgan fingerprint density at radius 2 is 1.50 bits per heavy atom. The second kappa shape index (κ2) is 7.82. The van der Waals surface area contributed by atoms with Gasteiger partial charge in [0.2, 0.25) is 0 Å².